The van der Waals surface area contributed by atoms with Crippen LogP contribution in [-0.4, -0.2) is 5.78 Å². The van der Waals surface area contributed by atoms with Gasteiger partial charge in [0, 0.05) is 22.3 Å². The Morgan fingerprint density at radius 1 is 0.800 bits per heavy atom. The summed E-state index contributed by atoms with van der Waals surface area (Å²) in [4.78, 5) is 13.0. The van der Waals surface area contributed by atoms with Crippen LogP contribution in [-0.2, 0) is 10.8 Å². The Morgan fingerprint density at radius 3 is 2.04 bits per heavy atom. The fourth-order valence-electron chi connectivity index (χ4n) is 3.62. The molecule has 0 spiro atoms. The van der Waals surface area contributed by atoms with Crippen molar-refractivity contribution in [3.8, 4) is 5.75 Å². The molecule has 25 heavy (non-hydrogen) atoms. The molecular weight excluding hydrogens is 308 g/mol. The van der Waals surface area contributed by atoms with Crippen molar-refractivity contribution in [1.29, 1.82) is 0 Å². The molecule has 4 rings (SSSR count). The van der Waals surface area contributed by atoms with Crippen LogP contribution in [0.3, 0.4) is 0 Å². The Labute approximate surface area is 150 Å². The summed E-state index contributed by atoms with van der Waals surface area (Å²) in [5.41, 5.74) is 4.95. The van der Waals surface area contributed by atoms with Crippen molar-refractivity contribution in [1.82, 2.24) is 0 Å². The van der Waals surface area contributed by atoms with Crippen molar-refractivity contribution >= 4 is 5.78 Å². The minimum atomic E-state index is -0.0618. The van der Waals surface area contributed by atoms with E-state index in [1.807, 2.05) is 24.3 Å². The highest BCUT2D eigenvalue weighted by atomic mass is 16.5. The molecule has 0 N–H and O–H groups in total. The van der Waals surface area contributed by atoms with Crippen LogP contribution in [0.25, 0.3) is 0 Å². The molecule has 2 nitrogen and oxygen atoms in total. The van der Waals surface area contributed by atoms with Crippen molar-refractivity contribution in [3.63, 3.8) is 0 Å². The van der Waals surface area contributed by atoms with Gasteiger partial charge in [0.1, 0.15) is 11.7 Å². The van der Waals surface area contributed by atoms with Gasteiger partial charge in [-0.25, -0.2) is 0 Å². The molecule has 0 unspecified atom stereocenters. The maximum atomic E-state index is 13.0. The van der Waals surface area contributed by atoms with E-state index in [9.17, 15) is 4.79 Å². The molecule has 2 aromatic rings. The van der Waals surface area contributed by atoms with E-state index in [4.69, 9.17) is 4.74 Å². The molecule has 1 aliphatic carbocycles. The van der Waals surface area contributed by atoms with Crippen molar-refractivity contribution in [2.75, 3.05) is 0 Å². The van der Waals surface area contributed by atoms with Gasteiger partial charge in [-0.1, -0.05) is 77.9 Å². The highest BCUT2D eigenvalue weighted by Crippen LogP contribution is 2.55. The van der Waals surface area contributed by atoms with Crippen LogP contribution in [0.4, 0.5) is 0 Å². The third kappa shape index (κ3) is 2.34. The van der Waals surface area contributed by atoms with E-state index >= 15 is 0 Å². The maximum Gasteiger partial charge on any atom is 0.198 e. The second-order valence-electron chi connectivity index (χ2n) is 9.08. The number of carbonyl (C=O) groups is 1. The summed E-state index contributed by atoms with van der Waals surface area (Å²) >= 11 is 0. The first-order chi connectivity index (χ1) is 11.6. The van der Waals surface area contributed by atoms with Gasteiger partial charge in [0.05, 0.1) is 0 Å². The number of rotatable bonds is 0. The van der Waals surface area contributed by atoms with Crippen molar-refractivity contribution in [2.45, 2.75) is 52.4 Å². The first kappa shape index (κ1) is 16.4. The number of hydrogen-bond acceptors (Lipinski definition) is 2. The van der Waals surface area contributed by atoms with Crippen molar-refractivity contribution in [3.05, 3.63) is 76.2 Å². The summed E-state index contributed by atoms with van der Waals surface area (Å²) in [7, 11) is 0. The average molecular weight is 332 g/mol. The van der Waals surface area contributed by atoms with Gasteiger partial charge in [-0.3, -0.25) is 4.79 Å². The van der Waals surface area contributed by atoms with Gasteiger partial charge >= 0.3 is 0 Å². The van der Waals surface area contributed by atoms with E-state index in [0.29, 0.717) is 0 Å². The Kier molecular flexibility index (Phi) is 3.26. The highest BCUT2D eigenvalue weighted by molar-refractivity contribution is 6.18. The van der Waals surface area contributed by atoms with E-state index in [2.05, 4.69) is 53.7 Å². The summed E-state index contributed by atoms with van der Waals surface area (Å²) in [6.45, 7) is 13.2. The third-order valence-electron chi connectivity index (χ3n) is 5.11. The smallest absolute Gasteiger partial charge is 0.198 e. The van der Waals surface area contributed by atoms with Gasteiger partial charge in [-0.2, -0.15) is 0 Å². The lowest BCUT2D eigenvalue weighted by Gasteiger charge is -2.27. The molecule has 2 aliphatic rings. The van der Waals surface area contributed by atoms with Crippen LogP contribution in [0, 0.1) is 12.0 Å². The molecule has 0 amide bonds. The molecule has 2 aromatic carbocycles. The summed E-state index contributed by atoms with van der Waals surface area (Å²) in [6, 6.07) is 12.1. The van der Waals surface area contributed by atoms with Crippen LogP contribution in [0.5, 0.6) is 5.75 Å². The van der Waals surface area contributed by atoms with E-state index in [-0.39, 0.29) is 16.6 Å². The number of carbonyl (C=O) groups excluding carboxylic acids is 1. The topological polar surface area (TPSA) is 26.3 Å². The predicted molar refractivity (Wildman–Crippen MR) is 99.9 cm³/mol. The molecule has 0 fully saturated rings. The molecular formula is C23H24O2. The largest absolute Gasteiger partial charge is 0.476 e. The first-order valence-corrected chi connectivity index (χ1v) is 8.84. The highest BCUT2D eigenvalue weighted by Gasteiger charge is 2.51. The van der Waals surface area contributed by atoms with Gasteiger partial charge in [-0.15, -0.1) is 0 Å². The van der Waals surface area contributed by atoms with E-state index in [1.165, 1.54) is 5.56 Å². The van der Waals surface area contributed by atoms with Gasteiger partial charge in [0.25, 0.3) is 0 Å². The molecule has 0 aromatic heterocycles. The standard InChI is InChI=1S/C23H24O2/c1-22(2,3)13-11-16-18-19(24)14-9-7-8-10-15(14)21(18)25-20(16)17(12-13)23(4,5)6/h7-12H,1-6H3. The number of ether oxygens (including phenoxy) is 1. The Bertz CT molecular complexity index is 878. The van der Waals surface area contributed by atoms with Gasteiger partial charge in [0.15, 0.2) is 11.9 Å². The average Bonchev–Trinajstić information content (AvgIpc) is 3.02. The van der Waals surface area contributed by atoms with Crippen molar-refractivity contribution < 1.29 is 9.53 Å². The fourth-order valence-corrected chi connectivity index (χ4v) is 3.62. The maximum absolute atomic E-state index is 13.0. The molecule has 2 heteroatoms. The van der Waals surface area contributed by atoms with Crippen LogP contribution < -0.4 is 4.74 Å². The van der Waals surface area contributed by atoms with Gasteiger partial charge in [0.2, 0.25) is 0 Å². The van der Waals surface area contributed by atoms with Crippen LogP contribution in [0.15, 0.2) is 36.4 Å². The zero-order chi connectivity index (χ0) is 18.1. The Morgan fingerprint density at radius 2 is 1.44 bits per heavy atom. The monoisotopic (exact) mass is 332 g/mol. The molecule has 0 atom stereocenters. The normalized spacial score (nSPS) is 17.3. The number of Topliss-reactive ketones (excluding diaryl/α,β-unsaturated/α-hetero) is 1. The summed E-state index contributed by atoms with van der Waals surface area (Å²) in [5, 5.41) is 0. The molecule has 0 bridgehead atoms. The molecule has 128 valence electrons. The van der Waals surface area contributed by atoms with E-state index in [1.54, 1.807) is 0 Å². The minimum Gasteiger partial charge on any atom is -0.476 e. The quantitative estimate of drug-likeness (QED) is 0.648. The third-order valence-corrected chi connectivity index (χ3v) is 5.11. The lowest BCUT2D eigenvalue weighted by Crippen LogP contribution is -2.18. The lowest BCUT2D eigenvalue weighted by molar-refractivity contribution is 0.102. The number of ketones is 1. The molecule has 1 aliphatic heterocycles. The zero-order valence-corrected chi connectivity index (χ0v) is 15.8. The zero-order valence-electron chi connectivity index (χ0n) is 15.8. The molecule has 0 saturated carbocycles. The SMILES string of the molecule is CC(C)(C)c1cc2c(c(C(C)(C)C)c1)O[C]1[C]2C(=O)c2ccccc21. The van der Waals surface area contributed by atoms with E-state index in [0.717, 1.165) is 40.0 Å². The second-order valence-corrected chi connectivity index (χ2v) is 9.08. The van der Waals surface area contributed by atoms with Crippen LogP contribution in [0.2, 0.25) is 0 Å². The number of hydrogen-bond donors (Lipinski definition) is 0. The van der Waals surface area contributed by atoms with Crippen LogP contribution >= 0.6 is 0 Å². The van der Waals surface area contributed by atoms with Gasteiger partial charge in [-0.05, 0) is 16.4 Å². The van der Waals surface area contributed by atoms with E-state index < -0.39 is 0 Å². The first-order valence-electron chi connectivity index (χ1n) is 8.84. The fraction of sp³-hybridized carbons (Fsp3) is 0.348. The Hall–Kier alpha value is -2.09. The summed E-state index contributed by atoms with van der Waals surface area (Å²) < 4.78 is 6.31. The van der Waals surface area contributed by atoms with Crippen LogP contribution in [0.1, 0.15) is 74.2 Å². The van der Waals surface area contributed by atoms with Crippen molar-refractivity contribution in [2.24, 2.45) is 0 Å². The lowest BCUT2D eigenvalue weighted by atomic mass is 9.77. The second kappa shape index (κ2) is 4.97. The molecule has 2 radical (unpaired) electrons. The number of benzene rings is 2. The molecule has 0 saturated heterocycles. The predicted octanol–water partition coefficient (Wildman–Crippen LogP) is 5.37. The Balaban J connectivity index is 1.95. The van der Waals surface area contributed by atoms with Gasteiger partial charge < -0.3 is 4.74 Å². The molecule has 1 heterocycles. The minimum absolute atomic E-state index is 0.00679. The summed E-state index contributed by atoms with van der Waals surface area (Å²) in [5.74, 6) is 1.66. The number of fused-ring (bicyclic) bond motifs is 5. The summed E-state index contributed by atoms with van der Waals surface area (Å²) in [6.07, 6.45) is 0.729.